The zero-order valence-electron chi connectivity index (χ0n) is 12.9. The second kappa shape index (κ2) is 6.54. The maximum absolute atomic E-state index is 6.10. The fraction of sp³-hybridized carbons (Fsp3) is 0.579. The number of hydrogen-bond donors (Lipinski definition) is 0. The average Bonchev–Trinajstić information content (AvgIpc) is 3.32. The molecule has 2 heteroatoms. The number of nitrogens with zero attached hydrogens (tertiary/aromatic N) is 1. The van der Waals surface area contributed by atoms with E-state index in [2.05, 4.69) is 41.8 Å². The van der Waals surface area contributed by atoms with Crippen LogP contribution in [-0.2, 0) is 5.54 Å². The molecule has 0 saturated heterocycles. The highest BCUT2D eigenvalue weighted by molar-refractivity contribution is 6.30. The Bertz CT molecular complexity index is 469. The van der Waals surface area contributed by atoms with Gasteiger partial charge in [-0.3, -0.25) is 4.90 Å². The average molecular weight is 304 g/mol. The molecule has 0 radical (unpaired) electrons. The van der Waals surface area contributed by atoms with Crippen LogP contribution < -0.4 is 0 Å². The lowest BCUT2D eigenvalue weighted by Gasteiger charge is -2.47. The maximum Gasteiger partial charge on any atom is 0.0464 e. The van der Waals surface area contributed by atoms with Gasteiger partial charge in [0.15, 0.2) is 0 Å². The third-order valence-electron chi connectivity index (χ3n) is 5.19. The Labute approximate surface area is 134 Å². The topological polar surface area (TPSA) is 3.24 Å². The fourth-order valence-corrected chi connectivity index (χ4v) is 4.00. The zero-order chi connectivity index (χ0) is 14.7. The molecule has 0 aromatic heterocycles. The summed E-state index contributed by atoms with van der Waals surface area (Å²) in [6.45, 7) is 6.23. The molecule has 0 amide bonds. The predicted octanol–water partition coefficient (Wildman–Crippen LogP) is 5.40. The molecule has 0 spiro atoms. The van der Waals surface area contributed by atoms with Crippen molar-refractivity contribution < 1.29 is 0 Å². The third kappa shape index (κ3) is 3.35. The quantitative estimate of drug-likeness (QED) is 0.636. The SMILES string of the molecule is C=CCN(CC1CC1)C1(c2ccc(Cl)cc2)CCCCC1. The highest BCUT2D eigenvalue weighted by atomic mass is 35.5. The molecule has 0 aliphatic heterocycles. The van der Waals surface area contributed by atoms with E-state index in [-0.39, 0.29) is 5.54 Å². The molecule has 114 valence electrons. The first kappa shape index (κ1) is 15.1. The molecule has 2 aliphatic rings. The molecule has 2 saturated carbocycles. The monoisotopic (exact) mass is 303 g/mol. The molecule has 1 aromatic carbocycles. The molecule has 0 N–H and O–H groups in total. The lowest BCUT2D eigenvalue weighted by Crippen LogP contribution is -2.48. The van der Waals surface area contributed by atoms with E-state index in [1.54, 1.807) is 0 Å². The van der Waals surface area contributed by atoms with Gasteiger partial charge in [-0.2, -0.15) is 0 Å². The van der Waals surface area contributed by atoms with Gasteiger partial charge in [0.05, 0.1) is 0 Å². The molecule has 1 aromatic rings. The van der Waals surface area contributed by atoms with Gasteiger partial charge < -0.3 is 0 Å². The normalized spacial score (nSPS) is 21.4. The fourth-order valence-electron chi connectivity index (χ4n) is 3.88. The van der Waals surface area contributed by atoms with Gasteiger partial charge in [0.1, 0.15) is 0 Å². The van der Waals surface area contributed by atoms with Crippen LogP contribution in [0.15, 0.2) is 36.9 Å². The Morgan fingerprint density at radius 1 is 1.14 bits per heavy atom. The van der Waals surface area contributed by atoms with Gasteiger partial charge in [-0.1, -0.05) is 49.1 Å². The van der Waals surface area contributed by atoms with Crippen LogP contribution in [0.2, 0.25) is 5.02 Å². The first-order chi connectivity index (χ1) is 10.2. The Kier molecular flexibility index (Phi) is 4.71. The molecule has 0 bridgehead atoms. The summed E-state index contributed by atoms with van der Waals surface area (Å²) >= 11 is 6.10. The summed E-state index contributed by atoms with van der Waals surface area (Å²) in [5, 5.41) is 0.835. The van der Waals surface area contributed by atoms with Crippen LogP contribution in [0.25, 0.3) is 0 Å². The highest BCUT2D eigenvalue weighted by Crippen LogP contribution is 2.44. The van der Waals surface area contributed by atoms with Gasteiger partial charge in [-0.25, -0.2) is 0 Å². The second-order valence-corrected chi connectivity index (χ2v) is 7.17. The largest absolute Gasteiger partial charge is 0.290 e. The molecule has 21 heavy (non-hydrogen) atoms. The van der Waals surface area contributed by atoms with Crippen molar-refractivity contribution in [3.05, 3.63) is 47.5 Å². The molecular weight excluding hydrogens is 278 g/mol. The highest BCUT2D eigenvalue weighted by Gasteiger charge is 2.41. The van der Waals surface area contributed by atoms with Gasteiger partial charge in [0.25, 0.3) is 0 Å². The van der Waals surface area contributed by atoms with Crippen molar-refractivity contribution in [2.24, 2.45) is 5.92 Å². The summed E-state index contributed by atoms with van der Waals surface area (Å²) < 4.78 is 0. The first-order valence-electron chi connectivity index (χ1n) is 8.36. The minimum atomic E-state index is 0.208. The van der Waals surface area contributed by atoms with Crippen LogP contribution in [-0.4, -0.2) is 18.0 Å². The minimum absolute atomic E-state index is 0.208. The van der Waals surface area contributed by atoms with E-state index >= 15 is 0 Å². The van der Waals surface area contributed by atoms with E-state index in [1.807, 2.05) is 0 Å². The minimum Gasteiger partial charge on any atom is -0.290 e. The third-order valence-corrected chi connectivity index (χ3v) is 5.44. The zero-order valence-corrected chi connectivity index (χ0v) is 13.6. The van der Waals surface area contributed by atoms with Crippen molar-refractivity contribution >= 4 is 11.6 Å². The standard InChI is InChI=1S/C19H26ClN/c1-2-14-21(15-16-6-7-16)19(12-4-3-5-13-19)17-8-10-18(20)11-9-17/h2,8-11,16H,1,3-7,12-15H2. The number of hydrogen-bond acceptors (Lipinski definition) is 1. The van der Waals surface area contributed by atoms with Gasteiger partial charge in [0, 0.05) is 23.7 Å². The van der Waals surface area contributed by atoms with Crippen molar-refractivity contribution in [2.75, 3.05) is 13.1 Å². The van der Waals surface area contributed by atoms with Gasteiger partial charge in [0.2, 0.25) is 0 Å². The van der Waals surface area contributed by atoms with Crippen molar-refractivity contribution in [1.82, 2.24) is 4.90 Å². The van der Waals surface area contributed by atoms with Crippen molar-refractivity contribution in [3.63, 3.8) is 0 Å². The molecule has 0 unspecified atom stereocenters. The maximum atomic E-state index is 6.10. The van der Waals surface area contributed by atoms with E-state index < -0.39 is 0 Å². The van der Waals surface area contributed by atoms with Crippen LogP contribution in [0.5, 0.6) is 0 Å². The van der Waals surface area contributed by atoms with E-state index in [0.717, 1.165) is 17.5 Å². The summed E-state index contributed by atoms with van der Waals surface area (Å²) in [5.74, 6) is 0.913. The van der Waals surface area contributed by atoms with E-state index in [4.69, 9.17) is 11.6 Å². The lowest BCUT2D eigenvalue weighted by atomic mass is 9.75. The van der Waals surface area contributed by atoms with Crippen molar-refractivity contribution in [1.29, 1.82) is 0 Å². The van der Waals surface area contributed by atoms with Gasteiger partial charge >= 0.3 is 0 Å². The van der Waals surface area contributed by atoms with Crippen molar-refractivity contribution in [2.45, 2.75) is 50.5 Å². The first-order valence-corrected chi connectivity index (χ1v) is 8.74. The number of benzene rings is 1. The van der Waals surface area contributed by atoms with Gasteiger partial charge in [-0.15, -0.1) is 6.58 Å². The Morgan fingerprint density at radius 2 is 1.81 bits per heavy atom. The molecular formula is C19H26ClN. The molecule has 2 aliphatic carbocycles. The summed E-state index contributed by atoms with van der Waals surface area (Å²) in [7, 11) is 0. The number of rotatable bonds is 6. The Hall–Kier alpha value is -0.790. The Balaban J connectivity index is 1.92. The van der Waals surface area contributed by atoms with Crippen LogP contribution in [0.4, 0.5) is 0 Å². The predicted molar refractivity (Wildman–Crippen MR) is 90.7 cm³/mol. The summed E-state index contributed by atoms with van der Waals surface area (Å²) in [5.41, 5.74) is 1.66. The van der Waals surface area contributed by atoms with E-state index in [9.17, 15) is 0 Å². The summed E-state index contributed by atoms with van der Waals surface area (Å²) in [6, 6.07) is 8.60. The van der Waals surface area contributed by atoms with Crippen LogP contribution in [0, 0.1) is 5.92 Å². The molecule has 3 rings (SSSR count). The Morgan fingerprint density at radius 3 is 2.38 bits per heavy atom. The molecule has 2 fully saturated rings. The summed E-state index contributed by atoms with van der Waals surface area (Å²) in [6.07, 6.45) is 11.5. The number of halogens is 1. The van der Waals surface area contributed by atoms with E-state index in [0.29, 0.717) is 0 Å². The van der Waals surface area contributed by atoms with Gasteiger partial charge in [-0.05, 0) is 49.3 Å². The van der Waals surface area contributed by atoms with Crippen molar-refractivity contribution in [3.8, 4) is 0 Å². The van der Waals surface area contributed by atoms with Crippen LogP contribution in [0.3, 0.4) is 0 Å². The summed E-state index contributed by atoms with van der Waals surface area (Å²) in [4.78, 5) is 2.71. The lowest BCUT2D eigenvalue weighted by molar-refractivity contribution is 0.0533. The molecule has 0 heterocycles. The second-order valence-electron chi connectivity index (χ2n) is 6.74. The van der Waals surface area contributed by atoms with Crippen LogP contribution in [0.1, 0.15) is 50.5 Å². The molecule has 1 nitrogen and oxygen atoms in total. The smallest absolute Gasteiger partial charge is 0.0464 e. The molecule has 0 atom stereocenters. The van der Waals surface area contributed by atoms with E-state index in [1.165, 1.54) is 57.1 Å². The van der Waals surface area contributed by atoms with Crippen LogP contribution >= 0.6 is 11.6 Å².